The van der Waals surface area contributed by atoms with Gasteiger partial charge >= 0.3 is 0 Å². The van der Waals surface area contributed by atoms with E-state index in [1.54, 1.807) is 12.1 Å². The molecular weight excluding hydrogens is 269 g/mol. The number of aromatic hydroxyl groups is 1. The van der Waals surface area contributed by atoms with Gasteiger partial charge in [-0.3, -0.25) is 0 Å². The maximum atomic E-state index is 9.61. The summed E-state index contributed by atoms with van der Waals surface area (Å²) in [6.07, 6.45) is -0.368. The highest BCUT2D eigenvalue weighted by atomic mass is 79.9. The maximum absolute atomic E-state index is 9.61. The fourth-order valence-electron chi connectivity index (χ4n) is 1.11. The molecule has 0 spiro atoms. The van der Waals surface area contributed by atoms with Crippen LogP contribution in [-0.4, -0.2) is 22.9 Å². The quantitative estimate of drug-likeness (QED) is 0.789. The average Bonchev–Trinajstić information content (AvgIpc) is 2.13. The standard InChI is InChI=1S/C9H11BrClNO2/c10-8-3-6(11)1-5(9(8)14)2-7(13)4-12/h1,3,7,13-14H,2,4,12H2. The molecule has 1 aromatic rings. The summed E-state index contributed by atoms with van der Waals surface area (Å²) in [5.41, 5.74) is 5.86. The van der Waals surface area contributed by atoms with Gasteiger partial charge in [-0.05, 0) is 33.6 Å². The van der Waals surface area contributed by atoms with Gasteiger partial charge in [-0.2, -0.15) is 0 Å². The van der Waals surface area contributed by atoms with E-state index in [4.69, 9.17) is 17.3 Å². The van der Waals surface area contributed by atoms with Crippen LogP contribution < -0.4 is 5.73 Å². The van der Waals surface area contributed by atoms with Gasteiger partial charge in [0.05, 0.1) is 10.6 Å². The van der Waals surface area contributed by atoms with Crippen LogP contribution in [0.25, 0.3) is 0 Å². The summed E-state index contributed by atoms with van der Waals surface area (Å²) in [6, 6.07) is 3.20. The summed E-state index contributed by atoms with van der Waals surface area (Å²) in [5.74, 6) is 0.0990. The lowest BCUT2D eigenvalue weighted by Gasteiger charge is -2.10. The van der Waals surface area contributed by atoms with E-state index in [9.17, 15) is 10.2 Å². The van der Waals surface area contributed by atoms with E-state index in [2.05, 4.69) is 15.9 Å². The first-order chi connectivity index (χ1) is 6.54. The Morgan fingerprint density at radius 3 is 2.71 bits per heavy atom. The van der Waals surface area contributed by atoms with E-state index in [-0.39, 0.29) is 12.3 Å². The molecule has 3 nitrogen and oxygen atoms in total. The van der Waals surface area contributed by atoms with Gasteiger partial charge in [0.15, 0.2) is 0 Å². The lowest BCUT2D eigenvalue weighted by Crippen LogP contribution is -2.22. The second kappa shape index (κ2) is 4.98. The number of aliphatic hydroxyl groups excluding tert-OH is 1. The molecule has 0 amide bonds. The number of aliphatic hydroxyl groups is 1. The molecule has 14 heavy (non-hydrogen) atoms. The van der Waals surface area contributed by atoms with E-state index in [0.29, 0.717) is 21.5 Å². The minimum atomic E-state index is -0.661. The van der Waals surface area contributed by atoms with Gasteiger partial charge in [0.25, 0.3) is 0 Å². The van der Waals surface area contributed by atoms with Crippen LogP contribution in [0.3, 0.4) is 0 Å². The molecule has 0 aromatic heterocycles. The Labute approximate surface area is 95.6 Å². The van der Waals surface area contributed by atoms with Gasteiger partial charge in [0.2, 0.25) is 0 Å². The number of phenolic OH excluding ortho intramolecular Hbond substituents is 1. The molecule has 0 radical (unpaired) electrons. The number of halogens is 2. The molecule has 1 unspecified atom stereocenters. The number of hydrogen-bond donors (Lipinski definition) is 3. The third-order valence-electron chi connectivity index (χ3n) is 1.83. The van der Waals surface area contributed by atoms with Gasteiger partial charge < -0.3 is 15.9 Å². The number of hydrogen-bond acceptors (Lipinski definition) is 3. The molecule has 0 saturated heterocycles. The largest absolute Gasteiger partial charge is 0.506 e. The van der Waals surface area contributed by atoms with Crippen molar-refractivity contribution in [3.8, 4) is 5.75 Å². The van der Waals surface area contributed by atoms with Crippen LogP contribution in [0.1, 0.15) is 5.56 Å². The Morgan fingerprint density at radius 1 is 1.50 bits per heavy atom. The fourth-order valence-corrected chi connectivity index (χ4v) is 1.99. The van der Waals surface area contributed by atoms with Crippen molar-refractivity contribution >= 4 is 27.5 Å². The highest BCUT2D eigenvalue weighted by Crippen LogP contribution is 2.32. The third kappa shape index (κ3) is 2.85. The van der Waals surface area contributed by atoms with Gasteiger partial charge in [-0.15, -0.1) is 0 Å². The summed E-state index contributed by atoms with van der Waals surface area (Å²) in [5, 5.41) is 19.4. The molecule has 0 saturated carbocycles. The molecule has 4 N–H and O–H groups in total. The average molecular weight is 281 g/mol. The van der Waals surface area contributed by atoms with Crippen LogP contribution in [0.2, 0.25) is 5.02 Å². The van der Waals surface area contributed by atoms with E-state index in [0.717, 1.165) is 0 Å². The van der Waals surface area contributed by atoms with Crippen LogP contribution >= 0.6 is 27.5 Å². The van der Waals surface area contributed by atoms with Crippen molar-refractivity contribution in [1.29, 1.82) is 0 Å². The minimum Gasteiger partial charge on any atom is -0.506 e. The van der Waals surface area contributed by atoms with Crippen molar-refractivity contribution < 1.29 is 10.2 Å². The lowest BCUT2D eigenvalue weighted by molar-refractivity contribution is 0.182. The Bertz CT molecular complexity index is 333. The third-order valence-corrected chi connectivity index (χ3v) is 2.66. The number of nitrogens with two attached hydrogens (primary N) is 1. The zero-order valence-corrected chi connectivity index (χ0v) is 9.72. The molecule has 78 valence electrons. The second-order valence-corrected chi connectivity index (χ2v) is 4.28. The molecule has 0 fully saturated rings. The van der Waals surface area contributed by atoms with Crippen molar-refractivity contribution in [3.63, 3.8) is 0 Å². The Hall–Kier alpha value is -0.290. The lowest BCUT2D eigenvalue weighted by atomic mass is 10.1. The summed E-state index contributed by atoms with van der Waals surface area (Å²) < 4.78 is 0.518. The molecular formula is C9H11BrClNO2. The number of benzene rings is 1. The van der Waals surface area contributed by atoms with Gasteiger partial charge in [-0.1, -0.05) is 11.6 Å². The maximum Gasteiger partial charge on any atom is 0.133 e. The van der Waals surface area contributed by atoms with Crippen LogP contribution in [0.5, 0.6) is 5.75 Å². The SMILES string of the molecule is NCC(O)Cc1cc(Cl)cc(Br)c1O. The first-order valence-electron chi connectivity index (χ1n) is 4.09. The Balaban J connectivity index is 2.96. The van der Waals surface area contributed by atoms with Crippen LogP contribution in [0.15, 0.2) is 16.6 Å². The van der Waals surface area contributed by atoms with E-state index in [1.807, 2.05) is 0 Å². The van der Waals surface area contributed by atoms with Crippen molar-refractivity contribution in [3.05, 3.63) is 27.2 Å². The zero-order valence-electron chi connectivity index (χ0n) is 7.37. The number of rotatable bonds is 3. The van der Waals surface area contributed by atoms with E-state index in [1.165, 1.54) is 0 Å². The summed E-state index contributed by atoms with van der Waals surface area (Å²) >= 11 is 8.96. The fraction of sp³-hybridized carbons (Fsp3) is 0.333. The predicted molar refractivity (Wildman–Crippen MR) is 59.6 cm³/mol. The molecule has 0 aliphatic carbocycles. The molecule has 1 atom stereocenters. The summed E-state index contributed by atoms with van der Waals surface area (Å²) in [4.78, 5) is 0. The van der Waals surface area contributed by atoms with Crippen LogP contribution in [-0.2, 0) is 6.42 Å². The molecule has 0 bridgehead atoms. The smallest absolute Gasteiger partial charge is 0.133 e. The molecule has 0 aliphatic heterocycles. The van der Waals surface area contributed by atoms with E-state index < -0.39 is 6.10 Å². The van der Waals surface area contributed by atoms with Crippen molar-refractivity contribution in [2.45, 2.75) is 12.5 Å². The minimum absolute atomic E-state index is 0.0990. The van der Waals surface area contributed by atoms with E-state index >= 15 is 0 Å². The van der Waals surface area contributed by atoms with Crippen molar-refractivity contribution in [2.75, 3.05) is 6.54 Å². The Morgan fingerprint density at radius 2 is 2.14 bits per heavy atom. The van der Waals surface area contributed by atoms with Gasteiger partial charge in [-0.25, -0.2) is 0 Å². The molecule has 5 heteroatoms. The van der Waals surface area contributed by atoms with Crippen molar-refractivity contribution in [2.24, 2.45) is 5.73 Å². The van der Waals surface area contributed by atoms with Crippen LogP contribution in [0.4, 0.5) is 0 Å². The second-order valence-electron chi connectivity index (χ2n) is 2.99. The molecule has 0 heterocycles. The van der Waals surface area contributed by atoms with Crippen molar-refractivity contribution in [1.82, 2.24) is 0 Å². The molecule has 0 aliphatic rings. The molecule has 1 rings (SSSR count). The highest BCUT2D eigenvalue weighted by molar-refractivity contribution is 9.10. The monoisotopic (exact) mass is 279 g/mol. The first-order valence-corrected chi connectivity index (χ1v) is 5.26. The first kappa shape index (κ1) is 11.8. The zero-order chi connectivity index (χ0) is 10.7. The summed E-state index contributed by atoms with van der Waals surface area (Å²) in [6.45, 7) is 0.156. The van der Waals surface area contributed by atoms with Gasteiger partial charge in [0.1, 0.15) is 5.75 Å². The summed E-state index contributed by atoms with van der Waals surface area (Å²) in [7, 11) is 0. The highest BCUT2D eigenvalue weighted by Gasteiger charge is 2.11. The Kier molecular flexibility index (Phi) is 4.19. The predicted octanol–water partition coefficient (Wildman–Crippen LogP) is 1.67. The van der Waals surface area contributed by atoms with Crippen LogP contribution in [0, 0.1) is 0 Å². The molecule has 1 aromatic carbocycles. The number of phenols is 1. The van der Waals surface area contributed by atoms with Gasteiger partial charge in [0, 0.05) is 18.0 Å². The normalized spacial score (nSPS) is 12.9. The topological polar surface area (TPSA) is 66.5 Å².